The summed E-state index contributed by atoms with van der Waals surface area (Å²) in [5, 5.41) is 18.7. The van der Waals surface area contributed by atoms with Gasteiger partial charge < -0.3 is 5.11 Å². The zero-order chi connectivity index (χ0) is 14.7. The second-order valence-corrected chi connectivity index (χ2v) is 5.38. The molecule has 1 atom stereocenters. The van der Waals surface area contributed by atoms with Crippen LogP contribution < -0.4 is 0 Å². The quantitative estimate of drug-likeness (QED) is 0.927. The summed E-state index contributed by atoms with van der Waals surface area (Å²) in [5.74, 6) is 0. The Labute approximate surface area is 120 Å². The van der Waals surface area contributed by atoms with Gasteiger partial charge in [-0.25, -0.2) is 0 Å². The van der Waals surface area contributed by atoms with E-state index in [4.69, 9.17) is 0 Å². The van der Waals surface area contributed by atoms with Gasteiger partial charge in [0.15, 0.2) is 0 Å². The summed E-state index contributed by atoms with van der Waals surface area (Å²) < 4.78 is 0. The number of aliphatic hydroxyl groups is 1. The van der Waals surface area contributed by atoms with Crippen LogP contribution in [0.15, 0.2) is 24.3 Å². The lowest BCUT2D eigenvalue weighted by molar-refractivity contribution is 0.176. The van der Waals surface area contributed by atoms with Crippen molar-refractivity contribution in [1.82, 2.24) is 10.2 Å². The van der Waals surface area contributed by atoms with Gasteiger partial charge in [0.05, 0.1) is 17.5 Å². The standard InChI is InChI=1S/C17H22N2O/c1-5-16-15(9-13(4)18-19-16)17(20)10-14-7-6-11(2)12(3)8-14/h6-9,17,20H,5,10H2,1-4H3. The molecule has 0 aliphatic heterocycles. The number of aliphatic hydroxyl groups excluding tert-OH is 1. The molecule has 1 aromatic heterocycles. The predicted molar refractivity (Wildman–Crippen MR) is 80.7 cm³/mol. The third kappa shape index (κ3) is 3.23. The first-order chi connectivity index (χ1) is 9.51. The van der Waals surface area contributed by atoms with E-state index in [1.54, 1.807) is 0 Å². The van der Waals surface area contributed by atoms with E-state index in [-0.39, 0.29) is 0 Å². The van der Waals surface area contributed by atoms with Gasteiger partial charge in [-0.05, 0) is 49.9 Å². The van der Waals surface area contributed by atoms with Crippen molar-refractivity contribution in [2.45, 2.75) is 46.6 Å². The van der Waals surface area contributed by atoms with Crippen molar-refractivity contribution in [2.24, 2.45) is 0 Å². The summed E-state index contributed by atoms with van der Waals surface area (Å²) in [6.45, 7) is 8.13. The van der Waals surface area contributed by atoms with Gasteiger partial charge >= 0.3 is 0 Å². The zero-order valence-corrected chi connectivity index (χ0v) is 12.6. The van der Waals surface area contributed by atoms with Crippen LogP contribution in [0.3, 0.4) is 0 Å². The highest BCUT2D eigenvalue weighted by Gasteiger charge is 2.14. The van der Waals surface area contributed by atoms with E-state index in [9.17, 15) is 5.11 Å². The Bertz CT molecular complexity index is 608. The summed E-state index contributed by atoms with van der Waals surface area (Å²) in [6.07, 6.45) is 0.868. The molecule has 0 spiro atoms. The van der Waals surface area contributed by atoms with Crippen LogP contribution in [0.2, 0.25) is 0 Å². The van der Waals surface area contributed by atoms with Gasteiger partial charge in [0, 0.05) is 12.0 Å². The van der Waals surface area contributed by atoms with Crippen LogP contribution in [0.4, 0.5) is 0 Å². The van der Waals surface area contributed by atoms with Gasteiger partial charge in [-0.15, -0.1) is 0 Å². The van der Waals surface area contributed by atoms with Crippen LogP contribution in [0.25, 0.3) is 0 Å². The molecular formula is C17H22N2O. The van der Waals surface area contributed by atoms with Crippen molar-refractivity contribution in [1.29, 1.82) is 0 Å². The van der Waals surface area contributed by atoms with Crippen molar-refractivity contribution in [2.75, 3.05) is 0 Å². The molecule has 2 aromatic rings. The second-order valence-electron chi connectivity index (χ2n) is 5.38. The average Bonchev–Trinajstić information content (AvgIpc) is 2.43. The smallest absolute Gasteiger partial charge is 0.0849 e. The fourth-order valence-electron chi connectivity index (χ4n) is 2.36. The van der Waals surface area contributed by atoms with Crippen molar-refractivity contribution in [3.8, 4) is 0 Å². The Balaban J connectivity index is 2.25. The molecule has 0 amide bonds. The van der Waals surface area contributed by atoms with Crippen LogP contribution in [-0.2, 0) is 12.8 Å². The highest BCUT2D eigenvalue weighted by atomic mass is 16.3. The Morgan fingerprint density at radius 1 is 1.05 bits per heavy atom. The monoisotopic (exact) mass is 270 g/mol. The van der Waals surface area contributed by atoms with Gasteiger partial charge in [-0.3, -0.25) is 0 Å². The SMILES string of the molecule is CCc1nnc(C)cc1C(O)Cc1ccc(C)c(C)c1. The van der Waals surface area contributed by atoms with E-state index in [1.807, 2.05) is 19.9 Å². The van der Waals surface area contributed by atoms with E-state index in [0.29, 0.717) is 6.42 Å². The third-order valence-corrected chi connectivity index (χ3v) is 3.72. The highest BCUT2D eigenvalue weighted by Crippen LogP contribution is 2.22. The number of benzene rings is 1. The van der Waals surface area contributed by atoms with Crippen LogP contribution in [0, 0.1) is 20.8 Å². The Morgan fingerprint density at radius 2 is 1.80 bits per heavy atom. The zero-order valence-electron chi connectivity index (χ0n) is 12.6. The molecule has 0 saturated carbocycles. The average molecular weight is 270 g/mol. The minimum absolute atomic E-state index is 0.527. The number of rotatable bonds is 4. The predicted octanol–water partition coefficient (Wildman–Crippen LogP) is 3.24. The van der Waals surface area contributed by atoms with E-state index < -0.39 is 6.10 Å². The highest BCUT2D eigenvalue weighted by molar-refractivity contribution is 5.32. The number of aryl methyl sites for hydroxylation is 4. The molecule has 3 nitrogen and oxygen atoms in total. The Kier molecular flexibility index (Phi) is 4.50. The normalized spacial score (nSPS) is 12.4. The van der Waals surface area contributed by atoms with Gasteiger partial charge in [-0.1, -0.05) is 25.1 Å². The van der Waals surface area contributed by atoms with Gasteiger partial charge in [-0.2, -0.15) is 10.2 Å². The third-order valence-electron chi connectivity index (χ3n) is 3.72. The number of hydrogen-bond donors (Lipinski definition) is 1. The maximum atomic E-state index is 10.5. The van der Waals surface area contributed by atoms with E-state index in [2.05, 4.69) is 42.2 Å². The first-order valence-corrected chi connectivity index (χ1v) is 7.08. The largest absolute Gasteiger partial charge is 0.388 e. The molecule has 1 N–H and O–H groups in total. The first-order valence-electron chi connectivity index (χ1n) is 7.08. The number of hydrogen-bond acceptors (Lipinski definition) is 3. The van der Waals surface area contributed by atoms with E-state index in [0.717, 1.165) is 28.9 Å². The maximum Gasteiger partial charge on any atom is 0.0849 e. The second kappa shape index (κ2) is 6.14. The molecule has 0 bridgehead atoms. The molecule has 1 unspecified atom stereocenters. The molecule has 0 aliphatic rings. The molecular weight excluding hydrogens is 248 g/mol. The fourth-order valence-corrected chi connectivity index (χ4v) is 2.36. The molecule has 1 aromatic carbocycles. The minimum atomic E-state index is -0.527. The lowest BCUT2D eigenvalue weighted by atomic mass is 9.97. The lowest BCUT2D eigenvalue weighted by Crippen LogP contribution is -2.09. The Hall–Kier alpha value is -1.74. The molecule has 20 heavy (non-hydrogen) atoms. The summed E-state index contributed by atoms with van der Waals surface area (Å²) in [4.78, 5) is 0. The number of nitrogens with zero attached hydrogens (tertiary/aromatic N) is 2. The Morgan fingerprint density at radius 3 is 2.45 bits per heavy atom. The molecule has 2 rings (SSSR count). The summed E-state index contributed by atoms with van der Waals surface area (Å²) >= 11 is 0. The van der Waals surface area contributed by atoms with E-state index >= 15 is 0 Å². The minimum Gasteiger partial charge on any atom is -0.388 e. The molecule has 0 fully saturated rings. The van der Waals surface area contributed by atoms with Crippen molar-refractivity contribution in [3.05, 3.63) is 57.9 Å². The topological polar surface area (TPSA) is 46.0 Å². The van der Waals surface area contributed by atoms with Crippen molar-refractivity contribution >= 4 is 0 Å². The summed E-state index contributed by atoms with van der Waals surface area (Å²) in [7, 11) is 0. The van der Waals surface area contributed by atoms with Crippen molar-refractivity contribution in [3.63, 3.8) is 0 Å². The fraction of sp³-hybridized carbons (Fsp3) is 0.412. The summed E-state index contributed by atoms with van der Waals surface area (Å²) in [5.41, 5.74) is 6.31. The maximum absolute atomic E-state index is 10.5. The van der Waals surface area contributed by atoms with Crippen LogP contribution in [0.5, 0.6) is 0 Å². The van der Waals surface area contributed by atoms with Crippen LogP contribution in [0.1, 0.15) is 46.7 Å². The van der Waals surface area contributed by atoms with Crippen LogP contribution in [-0.4, -0.2) is 15.3 Å². The first kappa shape index (κ1) is 14.7. The van der Waals surface area contributed by atoms with Crippen molar-refractivity contribution < 1.29 is 5.11 Å². The molecule has 0 saturated heterocycles. The lowest BCUT2D eigenvalue weighted by Gasteiger charge is -2.15. The van der Waals surface area contributed by atoms with Gasteiger partial charge in [0.1, 0.15) is 0 Å². The number of aromatic nitrogens is 2. The van der Waals surface area contributed by atoms with Gasteiger partial charge in [0.25, 0.3) is 0 Å². The van der Waals surface area contributed by atoms with Gasteiger partial charge in [0.2, 0.25) is 0 Å². The molecule has 3 heteroatoms. The van der Waals surface area contributed by atoms with E-state index in [1.165, 1.54) is 11.1 Å². The molecule has 0 radical (unpaired) electrons. The van der Waals surface area contributed by atoms with Crippen LogP contribution >= 0.6 is 0 Å². The molecule has 106 valence electrons. The molecule has 1 heterocycles. The molecule has 0 aliphatic carbocycles. The summed E-state index contributed by atoms with van der Waals surface area (Å²) in [6, 6.07) is 8.27.